The Hall–Kier alpha value is -1.71. The number of hydrogen-bond acceptors (Lipinski definition) is 2. The second-order valence-electron chi connectivity index (χ2n) is 7.52. The highest BCUT2D eigenvalue weighted by molar-refractivity contribution is 5.24. The predicted octanol–water partition coefficient (Wildman–Crippen LogP) is 4.59. The van der Waals surface area contributed by atoms with Crippen LogP contribution in [0, 0.1) is 11.7 Å². The number of halogens is 1. The van der Waals surface area contributed by atoms with Crippen LogP contribution in [0.25, 0.3) is 0 Å². The monoisotopic (exact) mass is 342 g/mol. The first-order valence-corrected chi connectivity index (χ1v) is 9.12. The van der Waals surface area contributed by atoms with Gasteiger partial charge in [-0.25, -0.2) is 4.39 Å². The molecule has 25 heavy (non-hydrogen) atoms. The van der Waals surface area contributed by atoms with Crippen molar-refractivity contribution in [1.29, 1.82) is 0 Å². The van der Waals surface area contributed by atoms with Crippen molar-refractivity contribution in [2.75, 3.05) is 27.2 Å². The van der Waals surface area contributed by atoms with Gasteiger partial charge in [-0.05, 0) is 43.6 Å². The Morgan fingerprint density at radius 1 is 0.880 bits per heavy atom. The minimum Gasteiger partial charge on any atom is -0.308 e. The quantitative estimate of drug-likeness (QED) is 0.658. The first kappa shape index (κ1) is 19.6. The molecule has 0 heterocycles. The number of benzene rings is 2. The minimum absolute atomic E-state index is 0.120. The number of rotatable bonds is 9. The lowest BCUT2D eigenvalue weighted by molar-refractivity contribution is 0.223. The molecule has 136 valence electrons. The Bertz CT molecular complexity index is 652. The van der Waals surface area contributed by atoms with Crippen LogP contribution in [0.2, 0.25) is 0 Å². The molecule has 0 unspecified atom stereocenters. The first-order chi connectivity index (χ1) is 11.9. The highest BCUT2D eigenvalue weighted by Crippen LogP contribution is 2.15. The second kappa shape index (κ2) is 9.69. The van der Waals surface area contributed by atoms with E-state index in [1.165, 1.54) is 11.1 Å². The lowest BCUT2D eigenvalue weighted by Gasteiger charge is -2.25. The molecule has 0 aliphatic rings. The summed E-state index contributed by atoms with van der Waals surface area (Å²) < 4.78 is 14.1. The molecule has 0 spiro atoms. The molecule has 2 aromatic rings. The van der Waals surface area contributed by atoms with Gasteiger partial charge in [-0.15, -0.1) is 0 Å². The largest absolute Gasteiger partial charge is 0.308 e. The standard InChI is InChI=1S/C22H31FN2/c1-18(2)14-19-8-7-9-20(15-19)16-25(13-12-24(3)4)17-21-10-5-6-11-22(21)23/h5-11,15,18H,12-14,16-17H2,1-4H3. The van der Waals surface area contributed by atoms with Crippen molar-refractivity contribution >= 4 is 0 Å². The summed E-state index contributed by atoms with van der Waals surface area (Å²) in [5.41, 5.74) is 3.44. The molecule has 2 rings (SSSR count). The van der Waals surface area contributed by atoms with Crippen LogP contribution in [0.15, 0.2) is 48.5 Å². The van der Waals surface area contributed by atoms with E-state index in [1.807, 2.05) is 12.1 Å². The van der Waals surface area contributed by atoms with E-state index in [0.29, 0.717) is 12.5 Å². The van der Waals surface area contributed by atoms with Crippen LogP contribution >= 0.6 is 0 Å². The van der Waals surface area contributed by atoms with Crippen LogP contribution in [-0.2, 0) is 19.5 Å². The lowest BCUT2D eigenvalue weighted by atomic mass is 10.0. The van der Waals surface area contributed by atoms with E-state index in [1.54, 1.807) is 12.1 Å². The van der Waals surface area contributed by atoms with Crippen LogP contribution in [0.1, 0.15) is 30.5 Å². The maximum absolute atomic E-state index is 14.1. The Morgan fingerprint density at radius 2 is 1.60 bits per heavy atom. The van der Waals surface area contributed by atoms with Gasteiger partial charge in [0.15, 0.2) is 0 Å². The average Bonchev–Trinajstić information content (AvgIpc) is 2.54. The molecule has 3 heteroatoms. The fourth-order valence-corrected chi connectivity index (χ4v) is 3.01. The van der Waals surface area contributed by atoms with Gasteiger partial charge < -0.3 is 4.90 Å². The molecule has 0 radical (unpaired) electrons. The fourth-order valence-electron chi connectivity index (χ4n) is 3.01. The summed E-state index contributed by atoms with van der Waals surface area (Å²) >= 11 is 0. The van der Waals surface area contributed by atoms with Gasteiger partial charge in [0, 0.05) is 31.7 Å². The van der Waals surface area contributed by atoms with Gasteiger partial charge in [0.05, 0.1) is 0 Å². The fraction of sp³-hybridized carbons (Fsp3) is 0.455. The summed E-state index contributed by atoms with van der Waals surface area (Å²) in [5.74, 6) is 0.532. The summed E-state index contributed by atoms with van der Waals surface area (Å²) in [6.07, 6.45) is 1.10. The molecule has 0 amide bonds. The smallest absolute Gasteiger partial charge is 0.127 e. The summed E-state index contributed by atoms with van der Waals surface area (Å²) in [7, 11) is 4.15. The molecule has 0 atom stereocenters. The Labute approximate surface area is 152 Å². The maximum Gasteiger partial charge on any atom is 0.127 e. The third-order valence-corrected chi connectivity index (χ3v) is 4.26. The van der Waals surface area contributed by atoms with Gasteiger partial charge >= 0.3 is 0 Å². The molecule has 0 bridgehead atoms. The van der Waals surface area contributed by atoms with Gasteiger partial charge in [0.1, 0.15) is 5.82 Å². The molecular formula is C22H31FN2. The molecule has 0 saturated carbocycles. The van der Waals surface area contributed by atoms with E-state index < -0.39 is 0 Å². The Balaban J connectivity index is 2.11. The molecular weight excluding hydrogens is 311 g/mol. The number of hydrogen-bond donors (Lipinski definition) is 0. The summed E-state index contributed by atoms with van der Waals surface area (Å²) in [6.45, 7) is 7.83. The van der Waals surface area contributed by atoms with Gasteiger partial charge in [-0.1, -0.05) is 56.3 Å². The van der Waals surface area contributed by atoms with E-state index in [2.05, 4.69) is 62.0 Å². The molecule has 0 fully saturated rings. The van der Waals surface area contributed by atoms with Crippen molar-refractivity contribution in [2.45, 2.75) is 33.4 Å². The van der Waals surface area contributed by atoms with Crippen molar-refractivity contribution in [1.82, 2.24) is 9.80 Å². The SMILES string of the molecule is CC(C)Cc1cccc(CN(CCN(C)C)Cc2ccccc2F)c1. The topological polar surface area (TPSA) is 6.48 Å². The van der Waals surface area contributed by atoms with Gasteiger partial charge in [0.25, 0.3) is 0 Å². The van der Waals surface area contributed by atoms with Crippen molar-refractivity contribution in [3.05, 3.63) is 71.0 Å². The van der Waals surface area contributed by atoms with Crippen LogP contribution in [-0.4, -0.2) is 37.0 Å². The second-order valence-corrected chi connectivity index (χ2v) is 7.52. The van der Waals surface area contributed by atoms with Gasteiger partial charge in [-0.2, -0.15) is 0 Å². The molecule has 2 nitrogen and oxygen atoms in total. The highest BCUT2D eigenvalue weighted by Gasteiger charge is 2.11. The van der Waals surface area contributed by atoms with Gasteiger partial charge in [0.2, 0.25) is 0 Å². The van der Waals surface area contributed by atoms with Crippen molar-refractivity contribution < 1.29 is 4.39 Å². The third kappa shape index (κ3) is 6.97. The van der Waals surface area contributed by atoms with Crippen LogP contribution in [0.4, 0.5) is 4.39 Å². The normalized spacial score (nSPS) is 11.7. The van der Waals surface area contributed by atoms with Crippen LogP contribution in [0.3, 0.4) is 0 Å². The number of likely N-dealkylation sites (N-methyl/N-ethyl adjacent to an activating group) is 1. The molecule has 0 saturated heterocycles. The van der Waals surface area contributed by atoms with Gasteiger partial charge in [-0.3, -0.25) is 4.90 Å². The highest BCUT2D eigenvalue weighted by atomic mass is 19.1. The van der Waals surface area contributed by atoms with E-state index in [9.17, 15) is 4.39 Å². The van der Waals surface area contributed by atoms with E-state index in [4.69, 9.17) is 0 Å². The summed E-state index contributed by atoms with van der Waals surface area (Å²) in [6, 6.07) is 15.9. The van der Waals surface area contributed by atoms with Crippen LogP contribution in [0.5, 0.6) is 0 Å². The van der Waals surface area contributed by atoms with E-state index >= 15 is 0 Å². The first-order valence-electron chi connectivity index (χ1n) is 9.12. The molecule has 0 aromatic heterocycles. The Morgan fingerprint density at radius 3 is 2.28 bits per heavy atom. The average molecular weight is 343 g/mol. The zero-order chi connectivity index (χ0) is 18.2. The third-order valence-electron chi connectivity index (χ3n) is 4.26. The van der Waals surface area contributed by atoms with Crippen molar-refractivity contribution in [2.24, 2.45) is 5.92 Å². The zero-order valence-corrected chi connectivity index (χ0v) is 16.0. The minimum atomic E-state index is -0.120. The molecule has 0 N–H and O–H groups in total. The zero-order valence-electron chi connectivity index (χ0n) is 16.0. The Kier molecular flexibility index (Phi) is 7.60. The molecule has 0 aliphatic carbocycles. The van der Waals surface area contributed by atoms with E-state index in [-0.39, 0.29) is 5.82 Å². The predicted molar refractivity (Wildman–Crippen MR) is 104 cm³/mol. The summed E-state index contributed by atoms with van der Waals surface area (Å²) in [4.78, 5) is 4.50. The number of nitrogens with zero attached hydrogens (tertiary/aromatic N) is 2. The van der Waals surface area contributed by atoms with E-state index in [0.717, 1.165) is 31.6 Å². The maximum atomic E-state index is 14.1. The molecule has 2 aromatic carbocycles. The van der Waals surface area contributed by atoms with Crippen molar-refractivity contribution in [3.8, 4) is 0 Å². The van der Waals surface area contributed by atoms with Crippen LogP contribution < -0.4 is 0 Å². The summed E-state index contributed by atoms with van der Waals surface area (Å²) in [5, 5.41) is 0. The molecule has 0 aliphatic heterocycles. The van der Waals surface area contributed by atoms with Crippen molar-refractivity contribution in [3.63, 3.8) is 0 Å². The lowest BCUT2D eigenvalue weighted by Crippen LogP contribution is -2.31.